The molecule has 0 bridgehead atoms. The SMILES string of the molecule is Cc1ccc(S(=O)(=O)O)cc1.NC(C(=O)O)C1CCOCC1. The van der Waals surface area contributed by atoms with Crippen molar-refractivity contribution < 1.29 is 27.6 Å². The zero-order valence-corrected chi connectivity index (χ0v) is 13.1. The molecule has 1 unspecified atom stereocenters. The summed E-state index contributed by atoms with van der Waals surface area (Å²) < 4.78 is 34.6. The number of carboxylic acid groups (broad SMARTS) is 1. The monoisotopic (exact) mass is 331 g/mol. The van der Waals surface area contributed by atoms with Crippen LogP contribution in [-0.2, 0) is 19.6 Å². The van der Waals surface area contributed by atoms with Gasteiger partial charge in [-0.25, -0.2) is 0 Å². The predicted octanol–water partition coefficient (Wildman–Crippen LogP) is 1.07. The molecular weight excluding hydrogens is 310 g/mol. The first-order valence-corrected chi connectivity index (χ1v) is 8.26. The lowest BCUT2D eigenvalue weighted by molar-refractivity contribution is -0.140. The normalized spacial score (nSPS) is 17.2. The Bertz CT molecular complexity index is 578. The van der Waals surface area contributed by atoms with E-state index in [1.165, 1.54) is 12.1 Å². The van der Waals surface area contributed by atoms with E-state index in [4.69, 9.17) is 20.1 Å². The second-order valence-electron chi connectivity index (χ2n) is 5.10. The maximum atomic E-state index is 10.5. The maximum Gasteiger partial charge on any atom is 0.320 e. The van der Waals surface area contributed by atoms with Gasteiger partial charge in [0.2, 0.25) is 0 Å². The molecule has 8 heteroatoms. The Morgan fingerprint density at radius 1 is 1.27 bits per heavy atom. The molecule has 124 valence electrons. The fourth-order valence-electron chi connectivity index (χ4n) is 1.99. The minimum absolute atomic E-state index is 0.0666. The molecule has 1 aliphatic rings. The predicted molar refractivity (Wildman–Crippen MR) is 80.1 cm³/mol. The van der Waals surface area contributed by atoms with E-state index in [9.17, 15) is 13.2 Å². The third-order valence-corrected chi connectivity index (χ3v) is 4.25. The summed E-state index contributed by atoms with van der Waals surface area (Å²) >= 11 is 0. The number of benzene rings is 1. The summed E-state index contributed by atoms with van der Waals surface area (Å²) in [5, 5.41) is 8.57. The minimum Gasteiger partial charge on any atom is -0.480 e. The Kier molecular flexibility index (Phi) is 6.95. The van der Waals surface area contributed by atoms with Gasteiger partial charge in [0, 0.05) is 13.2 Å². The van der Waals surface area contributed by atoms with Crippen molar-refractivity contribution in [2.24, 2.45) is 11.7 Å². The first-order chi connectivity index (χ1) is 10.2. The number of carbonyl (C=O) groups is 1. The van der Waals surface area contributed by atoms with E-state index in [0.29, 0.717) is 13.2 Å². The number of hydrogen-bond donors (Lipinski definition) is 3. The highest BCUT2D eigenvalue weighted by Crippen LogP contribution is 2.17. The molecular formula is C14H21NO6S. The summed E-state index contributed by atoms with van der Waals surface area (Å²) in [6.07, 6.45) is 1.54. The van der Waals surface area contributed by atoms with Gasteiger partial charge in [0.15, 0.2) is 0 Å². The van der Waals surface area contributed by atoms with Crippen molar-refractivity contribution in [1.82, 2.24) is 0 Å². The molecule has 0 saturated carbocycles. The van der Waals surface area contributed by atoms with Crippen LogP contribution < -0.4 is 5.73 Å². The fourth-order valence-corrected chi connectivity index (χ4v) is 2.47. The molecule has 1 saturated heterocycles. The molecule has 0 spiro atoms. The van der Waals surface area contributed by atoms with Gasteiger partial charge in [-0.15, -0.1) is 0 Å². The van der Waals surface area contributed by atoms with E-state index in [2.05, 4.69) is 0 Å². The summed E-state index contributed by atoms with van der Waals surface area (Å²) in [6.45, 7) is 3.13. The lowest BCUT2D eigenvalue weighted by Gasteiger charge is -2.24. The van der Waals surface area contributed by atoms with Crippen molar-refractivity contribution in [2.45, 2.75) is 30.7 Å². The van der Waals surface area contributed by atoms with Crippen LogP contribution in [0.4, 0.5) is 0 Å². The Labute approximate surface area is 129 Å². The number of hydrogen-bond acceptors (Lipinski definition) is 5. The third kappa shape index (κ3) is 6.10. The number of carboxylic acids is 1. The van der Waals surface area contributed by atoms with Gasteiger partial charge in [0.05, 0.1) is 4.90 Å². The summed E-state index contributed by atoms with van der Waals surface area (Å²) in [5.74, 6) is -0.807. The first-order valence-electron chi connectivity index (χ1n) is 6.82. The molecule has 22 heavy (non-hydrogen) atoms. The molecule has 0 aliphatic carbocycles. The smallest absolute Gasteiger partial charge is 0.320 e. The van der Waals surface area contributed by atoms with Crippen LogP contribution in [0.5, 0.6) is 0 Å². The average Bonchev–Trinajstić information content (AvgIpc) is 2.47. The van der Waals surface area contributed by atoms with E-state index in [1.54, 1.807) is 12.1 Å². The van der Waals surface area contributed by atoms with Crippen molar-refractivity contribution in [3.8, 4) is 0 Å². The molecule has 1 fully saturated rings. The number of aryl methyl sites for hydroxylation is 1. The van der Waals surface area contributed by atoms with Crippen LogP contribution in [0.3, 0.4) is 0 Å². The van der Waals surface area contributed by atoms with Crippen LogP contribution in [0.15, 0.2) is 29.2 Å². The van der Waals surface area contributed by atoms with Gasteiger partial charge < -0.3 is 15.6 Å². The van der Waals surface area contributed by atoms with E-state index >= 15 is 0 Å². The summed E-state index contributed by atoms with van der Waals surface area (Å²) in [5.41, 5.74) is 6.39. The van der Waals surface area contributed by atoms with Crippen LogP contribution >= 0.6 is 0 Å². The minimum atomic E-state index is -4.02. The van der Waals surface area contributed by atoms with Crippen molar-refractivity contribution in [1.29, 1.82) is 0 Å². The molecule has 4 N–H and O–H groups in total. The van der Waals surface area contributed by atoms with E-state index in [1.807, 2.05) is 6.92 Å². The van der Waals surface area contributed by atoms with E-state index in [0.717, 1.165) is 18.4 Å². The molecule has 7 nitrogen and oxygen atoms in total. The second kappa shape index (κ2) is 8.23. The molecule has 0 amide bonds. The zero-order valence-electron chi connectivity index (χ0n) is 12.3. The Morgan fingerprint density at radius 3 is 2.18 bits per heavy atom. The molecule has 2 rings (SSSR count). The molecule has 0 radical (unpaired) electrons. The van der Waals surface area contributed by atoms with Gasteiger partial charge >= 0.3 is 5.97 Å². The summed E-state index contributed by atoms with van der Waals surface area (Å²) in [4.78, 5) is 10.4. The van der Waals surface area contributed by atoms with Crippen molar-refractivity contribution in [2.75, 3.05) is 13.2 Å². The maximum absolute atomic E-state index is 10.5. The highest BCUT2D eigenvalue weighted by molar-refractivity contribution is 7.85. The van der Waals surface area contributed by atoms with Gasteiger partial charge in [0.25, 0.3) is 10.1 Å². The van der Waals surface area contributed by atoms with Gasteiger partial charge in [-0.1, -0.05) is 17.7 Å². The van der Waals surface area contributed by atoms with Crippen molar-refractivity contribution in [3.05, 3.63) is 29.8 Å². The zero-order chi connectivity index (χ0) is 16.8. The first kappa shape index (κ1) is 18.6. The molecule has 1 atom stereocenters. The summed E-state index contributed by atoms with van der Waals surface area (Å²) in [7, 11) is -4.02. The van der Waals surface area contributed by atoms with E-state index < -0.39 is 22.1 Å². The highest BCUT2D eigenvalue weighted by atomic mass is 32.2. The van der Waals surface area contributed by atoms with Crippen molar-refractivity contribution >= 4 is 16.1 Å². The van der Waals surface area contributed by atoms with Crippen LogP contribution in [0.25, 0.3) is 0 Å². The number of rotatable bonds is 3. The van der Waals surface area contributed by atoms with Gasteiger partial charge in [-0.2, -0.15) is 8.42 Å². The number of nitrogens with two attached hydrogens (primary N) is 1. The van der Waals surface area contributed by atoms with Gasteiger partial charge in [0.1, 0.15) is 6.04 Å². The Morgan fingerprint density at radius 2 is 1.77 bits per heavy atom. The Hall–Kier alpha value is -1.48. The van der Waals surface area contributed by atoms with Crippen LogP contribution in [0, 0.1) is 12.8 Å². The van der Waals surface area contributed by atoms with Crippen LogP contribution in [-0.4, -0.2) is 43.3 Å². The van der Waals surface area contributed by atoms with Gasteiger partial charge in [-0.3, -0.25) is 9.35 Å². The van der Waals surface area contributed by atoms with E-state index in [-0.39, 0.29) is 10.8 Å². The number of aliphatic carboxylic acids is 1. The molecule has 0 aromatic heterocycles. The molecule has 1 aromatic rings. The van der Waals surface area contributed by atoms with Crippen LogP contribution in [0.1, 0.15) is 18.4 Å². The number of ether oxygens (including phenoxy) is 1. The fraction of sp³-hybridized carbons (Fsp3) is 0.500. The summed E-state index contributed by atoms with van der Waals surface area (Å²) in [6, 6.07) is 5.28. The topological polar surface area (TPSA) is 127 Å². The lowest BCUT2D eigenvalue weighted by Crippen LogP contribution is -2.40. The second-order valence-corrected chi connectivity index (χ2v) is 6.52. The molecule has 1 heterocycles. The van der Waals surface area contributed by atoms with Crippen molar-refractivity contribution in [3.63, 3.8) is 0 Å². The average molecular weight is 331 g/mol. The quantitative estimate of drug-likeness (QED) is 0.707. The Balaban J connectivity index is 0.000000220. The lowest BCUT2D eigenvalue weighted by atomic mass is 9.92. The van der Waals surface area contributed by atoms with Gasteiger partial charge in [-0.05, 0) is 37.8 Å². The molecule has 1 aliphatic heterocycles. The largest absolute Gasteiger partial charge is 0.480 e. The van der Waals surface area contributed by atoms with Crippen LogP contribution in [0.2, 0.25) is 0 Å². The highest BCUT2D eigenvalue weighted by Gasteiger charge is 2.25. The standard InChI is InChI=1S/C7H13NO3.C7H8O3S/c8-6(7(9)10)5-1-3-11-4-2-5;1-6-2-4-7(5-3-6)11(8,9)10/h5-6H,1-4,8H2,(H,9,10);2-5H,1H3,(H,8,9,10). The third-order valence-electron chi connectivity index (χ3n) is 3.38. The molecule has 1 aromatic carbocycles.